The number of halogens is 3. The highest BCUT2D eigenvalue weighted by Crippen LogP contribution is 2.32. The van der Waals surface area contributed by atoms with Crippen molar-refractivity contribution < 1.29 is 9.50 Å². The average Bonchev–Trinajstić information content (AvgIpc) is 2.70. The Kier molecular flexibility index (Phi) is 4.28. The minimum Gasteiger partial charge on any atom is -0.382 e. The molecule has 2 rings (SSSR count). The first-order valence-electron chi connectivity index (χ1n) is 5.77. The quantitative estimate of drug-likeness (QED) is 0.907. The van der Waals surface area contributed by atoms with Crippen LogP contribution in [0.15, 0.2) is 28.9 Å². The largest absolute Gasteiger partial charge is 0.382 e. The van der Waals surface area contributed by atoms with Gasteiger partial charge in [0.25, 0.3) is 0 Å². The number of aliphatic hydroxyl groups excluding tert-OH is 1. The molecular formula is C13H13BrClFN2O. The molecule has 0 aliphatic carbocycles. The molecule has 0 saturated carbocycles. The number of hydrogen-bond donors (Lipinski definition) is 1. The fourth-order valence-electron chi connectivity index (χ4n) is 1.89. The lowest BCUT2D eigenvalue weighted by molar-refractivity contribution is 0.200. The number of aromatic nitrogens is 2. The first kappa shape index (κ1) is 14.5. The van der Waals surface area contributed by atoms with Crippen molar-refractivity contribution in [2.45, 2.75) is 26.0 Å². The monoisotopic (exact) mass is 346 g/mol. The lowest BCUT2D eigenvalue weighted by Crippen LogP contribution is -2.13. The molecule has 1 unspecified atom stereocenters. The van der Waals surface area contributed by atoms with Crippen LogP contribution in [0, 0.1) is 5.82 Å². The van der Waals surface area contributed by atoms with Crippen LogP contribution in [0.3, 0.4) is 0 Å². The predicted octanol–water partition coefficient (Wildman–Crippen LogP) is 4.10. The number of nitrogens with zero attached hydrogens (tertiary/aromatic N) is 2. The topological polar surface area (TPSA) is 38.0 Å². The van der Waals surface area contributed by atoms with Gasteiger partial charge in [-0.1, -0.05) is 33.6 Å². The van der Waals surface area contributed by atoms with Crippen LogP contribution in [0.25, 0.3) is 0 Å². The van der Waals surface area contributed by atoms with Crippen LogP contribution in [-0.2, 0) is 0 Å². The van der Waals surface area contributed by atoms with E-state index in [9.17, 15) is 9.50 Å². The molecular weight excluding hydrogens is 335 g/mol. The van der Waals surface area contributed by atoms with Crippen molar-refractivity contribution in [1.82, 2.24) is 9.78 Å². The summed E-state index contributed by atoms with van der Waals surface area (Å²) in [5.74, 6) is -0.491. The molecule has 1 N–H and O–H groups in total. The highest BCUT2D eigenvalue weighted by Gasteiger charge is 2.23. The standard InChI is InChI=1S/C13H13BrClFN2O/c1-7(2)18-12(10(15)6-17-18)13(19)9-4-3-8(14)5-11(9)16/h3-7,13,19H,1-2H3. The van der Waals surface area contributed by atoms with E-state index >= 15 is 0 Å². The fraction of sp³-hybridized carbons (Fsp3) is 0.308. The van der Waals surface area contributed by atoms with E-state index in [1.807, 2.05) is 13.8 Å². The molecule has 102 valence electrons. The third-order valence-electron chi connectivity index (χ3n) is 2.79. The summed E-state index contributed by atoms with van der Waals surface area (Å²) in [7, 11) is 0. The van der Waals surface area contributed by atoms with Gasteiger partial charge in [-0.15, -0.1) is 0 Å². The van der Waals surface area contributed by atoms with E-state index in [2.05, 4.69) is 21.0 Å². The number of benzene rings is 1. The summed E-state index contributed by atoms with van der Waals surface area (Å²) in [6, 6.07) is 4.53. The normalized spacial score (nSPS) is 13.0. The van der Waals surface area contributed by atoms with Crippen LogP contribution in [-0.4, -0.2) is 14.9 Å². The Bertz CT molecular complexity index is 600. The summed E-state index contributed by atoms with van der Waals surface area (Å²) in [5, 5.41) is 14.8. The van der Waals surface area contributed by atoms with E-state index in [1.54, 1.807) is 10.7 Å². The van der Waals surface area contributed by atoms with E-state index in [4.69, 9.17) is 11.6 Å². The molecule has 3 nitrogen and oxygen atoms in total. The summed E-state index contributed by atoms with van der Waals surface area (Å²) in [4.78, 5) is 0. The van der Waals surface area contributed by atoms with Gasteiger partial charge in [-0.25, -0.2) is 4.39 Å². The van der Waals surface area contributed by atoms with Crippen LogP contribution in [0.1, 0.15) is 37.3 Å². The minimum absolute atomic E-state index is 0.0238. The smallest absolute Gasteiger partial charge is 0.130 e. The highest BCUT2D eigenvalue weighted by molar-refractivity contribution is 9.10. The molecule has 1 atom stereocenters. The van der Waals surface area contributed by atoms with Crippen molar-refractivity contribution in [1.29, 1.82) is 0 Å². The van der Waals surface area contributed by atoms with Crippen LogP contribution in [0.5, 0.6) is 0 Å². The maximum atomic E-state index is 13.9. The predicted molar refractivity (Wildman–Crippen MR) is 75.8 cm³/mol. The average molecular weight is 348 g/mol. The second-order valence-corrected chi connectivity index (χ2v) is 5.81. The third kappa shape index (κ3) is 2.83. The Labute approximate surface area is 124 Å². The molecule has 0 aliphatic rings. The Morgan fingerprint density at radius 1 is 1.42 bits per heavy atom. The molecule has 0 fully saturated rings. The molecule has 0 spiro atoms. The summed E-state index contributed by atoms with van der Waals surface area (Å²) in [5.41, 5.74) is 0.574. The van der Waals surface area contributed by atoms with Crippen LogP contribution < -0.4 is 0 Å². The van der Waals surface area contributed by atoms with Gasteiger partial charge >= 0.3 is 0 Å². The zero-order chi connectivity index (χ0) is 14.2. The van der Waals surface area contributed by atoms with Crippen molar-refractivity contribution in [2.75, 3.05) is 0 Å². The van der Waals surface area contributed by atoms with E-state index in [0.717, 1.165) is 0 Å². The molecule has 1 aromatic heterocycles. The molecule has 19 heavy (non-hydrogen) atoms. The molecule has 1 heterocycles. The van der Waals surface area contributed by atoms with E-state index < -0.39 is 11.9 Å². The Hall–Kier alpha value is -0.910. The van der Waals surface area contributed by atoms with E-state index in [0.29, 0.717) is 15.2 Å². The number of aliphatic hydroxyl groups is 1. The molecule has 0 radical (unpaired) electrons. The lowest BCUT2D eigenvalue weighted by Gasteiger charge is -2.17. The Balaban J connectivity index is 2.49. The zero-order valence-electron chi connectivity index (χ0n) is 10.4. The van der Waals surface area contributed by atoms with Gasteiger partial charge in [0.2, 0.25) is 0 Å². The van der Waals surface area contributed by atoms with Gasteiger partial charge in [0.15, 0.2) is 0 Å². The summed E-state index contributed by atoms with van der Waals surface area (Å²) >= 11 is 9.22. The van der Waals surface area contributed by atoms with Gasteiger partial charge in [-0.2, -0.15) is 5.10 Å². The maximum absolute atomic E-state index is 13.9. The lowest BCUT2D eigenvalue weighted by atomic mass is 10.1. The third-order valence-corrected chi connectivity index (χ3v) is 3.58. The molecule has 1 aromatic carbocycles. The van der Waals surface area contributed by atoms with Crippen molar-refractivity contribution in [3.05, 3.63) is 51.0 Å². The summed E-state index contributed by atoms with van der Waals surface area (Å²) < 4.78 is 16.1. The Morgan fingerprint density at radius 2 is 2.11 bits per heavy atom. The van der Waals surface area contributed by atoms with Crippen molar-refractivity contribution in [3.8, 4) is 0 Å². The van der Waals surface area contributed by atoms with Gasteiger partial charge < -0.3 is 5.11 Å². The van der Waals surface area contributed by atoms with Crippen LogP contribution in [0.4, 0.5) is 4.39 Å². The van der Waals surface area contributed by atoms with Crippen molar-refractivity contribution in [2.24, 2.45) is 0 Å². The van der Waals surface area contributed by atoms with Gasteiger partial charge in [0.05, 0.1) is 16.9 Å². The minimum atomic E-state index is -1.15. The zero-order valence-corrected chi connectivity index (χ0v) is 12.8. The van der Waals surface area contributed by atoms with E-state index in [-0.39, 0.29) is 11.6 Å². The molecule has 6 heteroatoms. The van der Waals surface area contributed by atoms with Crippen LogP contribution in [0.2, 0.25) is 5.02 Å². The number of hydrogen-bond acceptors (Lipinski definition) is 2. The van der Waals surface area contributed by atoms with Crippen molar-refractivity contribution in [3.63, 3.8) is 0 Å². The second kappa shape index (κ2) is 5.61. The Morgan fingerprint density at radius 3 is 2.68 bits per heavy atom. The number of rotatable bonds is 3. The molecule has 0 aliphatic heterocycles. The summed E-state index contributed by atoms with van der Waals surface area (Å²) in [6.07, 6.45) is 0.308. The molecule has 0 saturated heterocycles. The van der Waals surface area contributed by atoms with E-state index in [1.165, 1.54) is 18.3 Å². The summed E-state index contributed by atoms with van der Waals surface area (Å²) in [6.45, 7) is 3.83. The van der Waals surface area contributed by atoms with Crippen LogP contribution >= 0.6 is 27.5 Å². The van der Waals surface area contributed by atoms with Gasteiger partial charge in [0.1, 0.15) is 11.9 Å². The fourth-order valence-corrected chi connectivity index (χ4v) is 2.46. The molecule has 0 bridgehead atoms. The molecule has 2 aromatic rings. The highest BCUT2D eigenvalue weighted by atomic mass is 79.9. The van der Waals surface area contributed by atoms with Crippen molar-refractivity contribution >= 4 is 27.5 Å². The molecule has 0 amide bonds. The first-order valence-corrected chi connectivity index (χ1v) is 6.94. The van der Waals surface area contributed by atoms with Gasteiger partial charge in [0, 0.05) is 16.1 Å². The van der Waals surface area contributed by atoms with Gasteiger partial charge in [-0.05, 0) is 26.0 Å². The first-order chi connectivity index (χ1) is 8.91. The maximum Gasteiger partial charge on any atom is 0.130 e. The van der Waals surface area contributed by atoms with Gasteiger partial charge in [-0.3, -0.25) is 4.68 Å². The SMILES string of the molecule is CC(C)n1ncc(Cl)c1C(O)c1ccc(Br)cc1F. The second-order valence-electron chi connectivity index (χ2n) is 4.48.